The molecule has 4 heteroatoms. The predicted octanol–water partition coefficient (Wildman–Crippen LogP) is 2.94. The first-order chi connectivity index (χ1) is 9.74. The maximum Gasteiger partial charge on any atom is 0.196 e. The number of nitrogens with zero attached hydrogens (tertiary/aromatic N) is 2. The van der Waals surface area contributed by atoms with E-state index in [2.05, 4.69) is 9.80 Å². The molecule has 1 aromatic rings. The zero-order chi connectivity index (χ0) is 13.9. The Labute approximate surface area is 120 Å². The van der Waals surface area contributed by atoms with Crippen LogP contribution in [-0.2, 0) is 0 Å². The summed E-state index contributed by atoms with van der Waals surface area (Å²) >= 11 is 0. The Balaban J connectivity index is 1.56. The highest BCUT2D eigenvalue weighted by molar-refractivity contribution is 5.91. The van der Waals surface area contributed by atoms with Gasteiger partial charge < -0.3 is 14.2 Å². The van der Waals surface area contributed by atoms with Gasteiger partial charge in [0.15, 0.2) is 17.4 Å². The minimum Gasteiger partial charge on any atom is -0.437 e. The average Bonchev–Trinajstić information content (AvgIpc) is 2.98. The Morgan fingerprint density at radius 2 is 1.80 bits per heavy atom. The molecule has 2 aliphatic rings. The topological polar surface area (TPSA) is 36.7 Å². The Morgan fingerprint density at radius 1 is 1.10 bits per heavy atom. The van der Waals surface area contributed by atoms with Crippen molar-refractivity contribution in [2.75, 3.05) is 31.1 Å². The number of hydrogen-bond donors (Lipinski definition) is 0. The second-order valence-corrected chi connectivity index (χ2v) is 6.01. The molecule has 0 atom stereocenters. The normalized spacial score (nSPS) is 22.1. The Kier molecular flexibility index (Phi) is 4.10. The van der Waals surface area contributed by atoms with E-state index in [-0.39, 0.29) is 5.78 Å². The molecule has 2 saturated heterocycles. The molecule has 0 bridgehead atoms. The van der Waals surface area contributed by atoms with Gasteiger partial charge in [-0.1, -0.05) is 6.42 Å². The van der Waals surface area contributed by atoms with Crippen LogP contribution in [-0.4, -0.2) is 42.9 Å². The van der Waals surface area contributed by atoms with Crippen LogP contribution >= 0.6 is 0 Å². The number of Topliss-reactive ketones (excluding diaryl/α,β-unsaturated/α-hetero) is 1. The maximum absolute atomic E-state index is 11.3. The van der Waals surface area contributed by atoms with Crippen LogP contribution < -0.4 is 4.90 Å². The van der Waals surface area contributed by atoms with E-state index in [1.54, 1.807) is 13.0 Å². The number of hydrogen-bond acceptors (Lipinski definition) is 4. The van der Waals surface area contributed by atoms with Crippen LogP contribution in [0.25, 0.3) is 0 Å². The highest BCUT2D eigenvalue weighted by Gasteiger charge is 2.26. The molecule has 0 unspecified atom stereocenters. The molecule has 3 rings (SSSR count). The first-order valence-electron chi connectivity index (χ1n) is 7.84. The summed E-state index contributed by atoms with van der Waals surface area (Å²) in [7, 11) is 0. The molecule has 0 amide bonds. The van der Waals surface area contributed by atoms with Gasteiger partial charge in [0.2, 0.25) is 0 Å². The predicted molar refractivity (Wildman–Crippen MR) is 79.4 cm³/mol. The SMILES string of the molecule is CC(=O)c1ccc(N2CCC(N3CCCCC3)CC2)o1. The molecule has 0 radical (unpaired) electrons. The van der Waals surface area contributed by atoms with Crippen molar-refractivity contribution in [3.05, 3.63) is 17.9 Å². The molecule has 0 aliphatic carbocycles. The fourth-order valence-corrected chi connectivity index (χ4v) is 3.42. The van der Waals surface area contributed by atoms with E-state index in [0.29, 0.717) is 5.76 Å². The van der Waals surface area contributed by atoms with Crippen LogP contribution in [0.3, 0.4) is 0 Å². The molecule has 20 heavy (non-hydrogen) atoms. The summed E-state index contributed by atoms with van der Waals surface area (Å²) in [6, 6.07) is 4.46. The van der Waals surface area contributed by atoms with Gasteiger partial charge in [-0.3, -0.25) is 4.79 Å². The third-order valence-electron chi connectivity index (χ3n) is 4.62. The van der Waals surface area contributed by atoms with Gasteiger partial charge in [0.1, 0.15) is 0 Å². The van der Waals surface area contributed by atoms with Crippen molar-refractivity contribution < 1.29 is 9.21 Å². The smallest absolute Gasteiger partial charge is 0.196 e. The number of carbonyl (C=O) groups excluding carboxylic acids is 1. The van der Waals surface area contributed by atoms with E-state index >= 15 is 0 Å². The Morgan fingerprint density at radius 3 is 2.40 bits per heavy atom. The van der Waals surface area contributed by atoms with Gasteiger partial charge in [0.05, 0.1) is 0 Å². The Bertz CT molecular complexity index is 455. The lowest BCUT2D eigenvalue weighted by molar-refractivity contribution is 0.0987. The summed E-state index contributed by atoms with van der Waals surface area (Å²) in [5.41, 5.74) is 0. The van der Waals surface area contributed by atoms with E-state index in [0.717, 1.165) is 25.0 Å². The monoisotopic (exact) mass is 276 g/mol. The molecule has 1 aromatic heterocycles. The zero-order valence-corrected chi connectivity index (χ0v) is 12.3. The van der Waals surface area contributed by atoms with Crippen LogP contribution in [0.5, 0.6) is 0 Å². The molecule has 4 nitrogen and oxygen atoms in total. The first kappa shape index (κ1) is 13.7. The number of ketones is 1. The van der Waals surface area contributed by atoms with Gasteiger partial charge >= 0.3 is 0 Å². The van der Waals surface area contributed by atoms with Crippen LogP contribution in [0.2, 0.25) is 0 Å². The van der Waals surface area contributed by atoms with Crippen molar-refractivity contribution in [2.24, 2.45) is 0 Å². The number of piperidine rings is 2. The van der Waals surface area contributed by atoms with Gasteiger partial charge in [-0.05, 0) is 44.8 Å². The standard InChI is InChI=1S/C16H24N2O2/c1-13(19)15-5-6-16(20-15)18-11-7-14(8-12-18)17-9-3-2-4-10-17/h5-6,14H,2-4,7-12H2,1H3. The lowest BCUT2D eigenvalue weighted by Crippen LogP contribution is -2.46. The van der Waals surface area contributed by atoms with Gasteiger partial charge in [-0.2, -0.15) is 0 Å². The van der Waals surface area contributed by atoms with Crippen molar-refractivity contribution in [1.82, 2.24) is 4.90 Å². The maximum atomic E-state index is 11.3. The lowest BCUT2D eigenvalue weighted by atomic mass is 10.00. The molecule has 0 saturated carbocycles. The number of furan rings is 1. The summed E-state index contributed by atoms with van der Waals surface area (Å²) in [5, 5.41) is 0. The van der Waals surface area contributed by atoms with E-state index in [1.165, 1.54) is 45.2 Å². The molecule has 0 spiro atoms. The number of likely N-dealkylation sites (tertiary alicyclic amines) is 1. The van der Waals surface area contributed by atoms with Gasteiger partial charge in [-0.15, -0.1) is 0 Å². The molecule has 0 N–H and O–H groups in total. The van der Waals surface area contributed by atoms with Crippen molar-refractivity contribution >= 4 is 11.7 Å². The lowest BCUT2D eigenvalue weighted by Gasteiger charge is -2.40. The van der Waals surface area contributed by atoms with Crippen LogP contribution in [0.1, 0.15) is 49.6 Å². The second-order valence-electron chi connectivity index (χ2n) is 6.01. The number of anilines is 1. The summed E-state index contributed by atoms with van der Waals surface area (Å²) in [6.45, 7) is 6.17. The van der Waals surface area contributed by atoms with E-state index in [4.69, 9.17) is 4.42 Å². The summed E-state index contributed by atoms with van der Waals surface area (Å²) in [6.07, 6.45) is 6.53. The fourth-order valence-electron chi connectivity index (χ4n) is 3.42. The first-order valence-corrected chi connectivity index (χ1v) is 7.84. The van der Waals surface area contributed by atoms with E-state index in [9.17, 15) is 4.79 Å². The summed E-state index contributed by atoms with van der Waals surface area (Å²) in [5.74, 6) is 1.32. The average molecular weight is 276 g/mol. The van der Waals surface area contributed by atoms with E-state index in [1.807, 2.05) is 6.07 Å². The molecular formula is C16H24N2O2. The van der Waals surface area contributed by atoms with Gasteiger partial charge in [0, 0.05) is 32.1 Å². The van der Waals surface area contributed by atoms with Crippen molar-refractivity contribution in [2.45, 2.75) is 45.1 Å². The molecule has 3 heterocycles. The third kappa shape index (κ3) is 2.90. The highest BCUT2D eigenvalue weighted by Crippen LogP contribution is 2.26. The van der Waals surface area contributed by atoms with Crippen molar-refractivity contribution in [3.63, 3.8) is 0 Å². The van der Waals surface area contributed by atoms with Crippen molar-refractivity contribution in [1.29, 1.82) is 0 Å². The largest absolute Gasteiger partial charge is 0.437 e. The second kappa shape index (κ2) is 6.00. The summed E-state index contributed by atoms with van der Waals surface area (Å²) < 4.78 is 5.63. The zero-order valence-electron chi connectivity index (χ0n) is 12.3. The number of rotatable bonds is 3. The molecule has 2 aliphatic heterocycles. The van der Waals surface area contributed by atoms with Crippen molar-refractivity contribution in [3.8, 4) is 0 Å². The van der Waals surface area contributed by atoms with Crippen LogP contribution in [0.15, 0.2) is 16.5 Å². The van der Waals surface area contributed by atoms with Crippen LogP contribution in [0.4, 0.5) is 5.88 Å². The Hall–Kier alpha value is -1.29. The molecular weight excluding hydrogens is 252 g/mol. The minimum atomic E-state index is -0.000507. The van der Waals surface area contributed by atoms with Crippen LogP contribution in [0, 0.1) is 0 Å². The highest BCUT2D eigenvalue weighted by atomic mass is 16.4. The van der Waals surface area contributed by atoms with Gasteiger partial charge in [-0.25, -0.2) is 0 Å². The summed E-state index contributed by atoms with van der Waals surface area (Å²) in [4.78, 5) is 16.2. The quantitative estimate of drug-likeness (QED) is 0.795. The molecule has 110 valence electrons. The molecule has 2 fully saturated rings. The van der Waals surface area contributed by atoms with E-state index < -0.39 is 0 Å². The van der Waals surface area contributed by atoms with Gasteiger partial charge in [0.25, 0.3) is 0 Å². The molecule has 0 aromatic carbocycles. The fraction of sp³-hybridized carbons (Fsp3) is 0.688. The minimum absolute atomic E-state index is 0.000507. The third-order valence-corrected chi connectivity index (χ3v) is 4.62. The number of carbonyl (C=O) groups is 1.